The summed E-state index contributed by atoms with van der Waals surface area (Å²) in [4.78, 5) is 31.8. The highest BCUT2D eigenvalue weighted by molar-refractivity contribution is 7.16. The lowest BCUT2D eigenvalue weighted by atomic mass is 9.88. The predicted molar refractivity (Wildman–Crippen MR) is 129 cm³/mol. The largest absolute Gasteiger partial charge is 0.337 e. The number of hydrogen-bond donors (Lipinski definition) is 1. The molecule has 0 spiro atoms. The van der Waals surface area contributed by atoms with Crippen molar-refractivity contribution >= 4 is 38.8 Å². The van der Waals surface area contributed by atoms with Crippen molar-refractivity contribution in [2.75, 3.05) is 7.05 Å². The fourth-order valence-corrected chi connectivity index (χ4v) is 7.96. The zero-order valence-electron chi connectivity index (χ0n) is 19.0. The van der Waals surface area contributed by atoms with Crippen LogP contribution in [0, 0.1) is 13.8 Å². The number of aromatic nitrogens is 3. The van der Waals surface area contributed by atoms with Crippen molar-refractivity contribution in [1.29, 1.82) is 0 Å². The van der Waals surface area contributed by atoms with Crippen LogP contribution in [0.4, 0.5) is 0 Å². The van der Waals surface area contributed by atoms with Gasteiger partial charge in [0.05, 0.1) is 11.4 Å². The normalized spacial score (nSPS) is 31.2. The van der Waals surface area contributed by atoms with Crippen LogP contribution in [0.15, 0.2) is 11.4 Å². The van der Waals surface area contributed by atoms with E-state index in [0.717, 1.165) is 41.3 Å². The first kappa shape index (κ1) is 20.7. The van der Waals surface area contributed by atoms with Crippen LogP contribution >= 0.6 is 22.7 Å². The SMILES string of the molecule is Cc1nc([C@H]2C[C@@H]2c2sc(C(=O)N(C)[C@H]3C[C@H]4CC[C@@](C)(C3)N4)nc2C)c2ccsc2n1. The minimum absolute atomic E-state index is 0.0783. The Labute approximate surface area is 196 Å². The van der Waals surface area contributed by atoms with Crippen molar-refractivity contribution < 1.29 is 4.79 Å². The summed E-state index contributed by atoms with van der Waals surface area (Å²) in [7, 11) is 1.97. The fourth-order valence-electron chi connectivity index (χ4n) is 5.91. The van der Waals surface area contributed by atoms with Gasteiger partial charge >= 0.3 is 0 Å². The standard InChI is InChI=1S/C24H29N5OS2/c1-12-20(18-10-17(18)19-16-6-8-31-21(16)27-13(2)26-19)32-22(25-12)23(30)29(4)15-9-14-5-7-24(3,11-15)28-14/h6,8,14-15,17-18,28H,5,7,9-11H2,1-4H3/t14-,15+,17+,18+,24+/m1/s1. The van der Waals surface area contributed by atoms with Crippen LogP contribution in [-0.4, -0.2) is 50.4 Å². The van der Waals surface area contributed by atoms with Gasteiger partial charge in [-0.25, -0.2) is 15.0 Å². The molecule has 3 aliphatic rings. The molecule has 1 amide bonds. The lowest BCUT2D eigenvalue weighted by Gasteiger charge is -2.40. The molecule has 2 aliphatic heterocycles. The number of amides is 1. The van der Waals surface area contributed by atoms with Crippen molar-refractivity contribution in [3.05, 3.63) is 38.5 Å². The van der Waals surface area contributed by atoms with Gasteiger partial charge in [-0.1, -0.05) is 0 Å². The molecule has 6 nitrogen and oxygen atoms in total. The second kappa shape index (κ2) is 7.30. The molecule has 2 bridgehead atoms. The van der Waals surface area contributed by atoms with E-state index in [1.54, 1.807) is 22.7 Å². The van der Waals surface area contributed by atoms with Gasteiger partial charge in [-0.15, -0.1) is 22.7 Å². The molecule has 1 aliphatic carbocycles. The van der Waals surface area contributed by atoms with E-state index in [4.69, 9.17) is 9.97 Å². The first-order chi connectivity index (χ1) is 15.3. The number of aryl methyl sites for hydroxylation is 2. The van der Waals surface area contributed by atoms with Crippen molar-refractivity contribution in [1.82, 2.24) is 25.2 Å². The molecule has 0 unspecified atom stereocenters. The van der Waals surface area contributed by atoms with Gasteiger partial charge in [0.2, 0.25) is 0 Å². The minimum atomic E-state index is 0.0783. The summed E-state index contributed by atoms with van der Waals surface area (Å²) in [6.45, 7) is 6.32. The Morgan fingerprint density at radius 1 is 1.22 bits per heavy atom. The zero-order chi connectivity index (χ0) is 22.2. The number of piperidine rings is 1. The number of carbonyl (C=O) groups excluding carboxylic acids is 1. The molecule has 1 N–H and O–H groups in total. The molecule has 1 saturated carbocycles. The average molecular weight is 468 g/mol. The maximum Gasteiger partial charge on any atom is 0.282 e. The summed E-state index contributed by atoms with van der Waals surface area (Å²) in [5.74, 6) is 1.72. The third-order valence-corrected chi connectivity index (χ3v) is 9.75. The van der Waals surface area contributed by atoms with Gasteiger partial charge in [-0.05, 0) is 64.3 Å². The monoisotopic (exact) mass is 467 g/mol. The summed E-state index contributed by atoms with van der Waals surface area (Å²) in [6, 6.07) is 2.97. The number of thiophene rings is 1. The fraction of sp³-hybridized carbons (Fsp3) is 0.583. The van der Waals surface area contributed by atoms with Crippen molar-refractivity contribution in [3.63, 3.8) is 0 Å². The summed E-state index contributed by atoms with van der Waals surface area (Å²) in [5, 5.41) is 7.66. The van der Waals surface area contributed by atoms with Gasteiger partial charge in [-0.3, -0.25) is 4.79 Å². The molecule has 0 aromatic carbocycles. The number of hydrogen-bond acceptors (Lipinski definition) is 7. The molecular weight excluding hydrogens is 438 g/mol. The second-order valence-corrected chi connectivity index (χ2v) is 12.1. The summed E-state index contributed by atoms with van der Waals surface area (Å²) < 4.78 is 0. The van der Waals surface area contributed by atoms with Gasteiger partial charge in [0.15, 0.2) is 5.01 Å². The molecule has 32 heavy (non-hydrogen) atoms. The van der Waals surface area contributed by atoms with E-state index < -0.39 is 0 Å². The average Bonchev–Trinajstić information content (AvgIpc) is 3.07. The molecule has 3 fully saturated rings. The number of rotatable bonds is 4. The van der Waals surface area contributed by atoms with Crippen molar-refractivity contribution in [3.8, 4) is 0 Å². The molecule has 0 radical (unpaired) electrons. The van der Waals surface area contributed by atoms with Crippen LogP contribution in [0.1, 0.15) is 82.8 Å². The Bertz CT molecular complexity index is 1220. The third-order valence-electron chi connectivity index (χ3n) is 7.67. The Kier molecular flexibility index (Phi) is 4.72. The first-order valence-corrected chi connectivity index (χ1v) is 13.2. The first-order valence-electron chi connectivity index (χ1n) is 11.6. The minimum Gasteiger partial charge on any atom is -0.337 e. The summed E-state index contributed by atoms with van der Waals surface area (Å²) in [6.07, 6.45) is 5.57. The number of fused-ring (bicyclic) bond motifs is 3. The van der Waals surface area contributed by atoms with E-state index in [1.807, 2.05) is 18.9 Å². The van der Waals surface area contributed by atoms with E-state index in [-0.39, 0.29) is 11.4 Å². The van der Waals surface area contributed by atoms with E-state index in [0.29, 0.717) is 28.9 Å². The van der Waals surface area contributed by atoms with Crippen LogP contribution in [0.2, 0.25) is 0 Å². The van der Waals surface area contributed by atoms with Crippen LogP contribution in [0.3, 0.4) is 0 Å². The summed E-state index contributed by atoms with van der Waals surface area (Å²) in [5.41, 5.74) is 2.34. The number of nitrogens with zero attached hydrogens (tertiary/aromatic N) is 4. The van der Waals surface area contributed by atoms with E-state index in [9.17, 15) is 4.79 Å². The maximum absolute atomic E-state index is 13.4. The van der Waals surface area contributed by atoms with Gasteiger partial charge in [0, 0.05) is 46.8 Å². The highest BCUT2D eigenvalue weighted by atomic mass is 32.1. The van der Waals surface area contributed by atoms with Gasteiger partial charge in [-0.2, -0.15) is 0 Å². The predicted octanol–water partition coefficient (Wildman–Crippen LogP) is 4.78. The van der Waals surface area contributed by atoms with E-state index in [2.05, 4.69) is 35.6 Å². The second-order valence-electron chi connectivity index (χ2n) is 10.2. The smallest absolute Gasteiger partial charge is 0.282 e. The molecule has 5 atom stereocenters. The quantitative estimate of drug-likeness (QED) is 0.598. The van der Waals surface area contributed by atoms with E-state index >= 15 is 0 Å². The van der Waals surface area contributed by atoms with Gasteiger partial charge in [0.25, 0.3) is 5.91 Å². The highest BCUT2D eigenvalue weighted by Crippen LogP contribution is 2.57. The molecule has 8 heteroatoms. The van der Waals surface area contributed by atoms with Crippen molar-refractivity contribution in [2.24, 2.45) is 0 Å². The molecule has 3 aromatic heterocycles. The Balaban J connectivity index is 1.22. The van der Waals surface area contributed by atoms with E-state index in [1.165, 1.54) is 23.1 Å². The van der Waals surface area contributed by atoms with Gasteiger partial charge < -0.3 is 10.2 Å². The van der Waals surface area contributed by atoms with Crippen LogP contribution in [0.25, 0.3) is 10.2 Å². The highest BCUT2D eigenvalue weighted by Gasteiger charge is 2.46. The molecule has 2 saturated heterocycles. The number of carbonyl (C=O) groups is 1. The molecule has 3 aromatic rings. The summed E-state index contributed by atoms with van der Waals surface area (Å²) >= 11 is 3.27. The maximum atomic E-state index is 13.4. The van der Waals surface area contributed by atoms with Crippen LogP contribution < -0.4 is 5.32 Å². The van der Waals surface area contributed by atoms with Gasteiger partial charge in [0.1, 0.15) is 10.7 Å². The zero-order valence-corrected chi connectivity index (χ0v) is 20.6. The Morgan fingerprint density at radius 3 is 2.88 bits per heavy atom. The lowest BCUT2D eigenvalue weighted by Crippen LogP contribution is -2.54. The Morgan fingerprint density at radius 2 is 2.06 bits per heavy atom. The molecular formula is C24H29N5OS2. The topological polar surface area (TPSA) is 71.0 Å². The lowest BCUT2D eigenvalue weighted by molar-refractivity contribution is 0.0648. The van der Waals surface area contributed by atoms with Crippen molar-refractivity contribution in [2.45, 2.75) is 82.3 Å². The molecule has 5 heterocycles. The number of thiazole rings is 1. The van der Waals surface area contributed by atoms with Crippen LogP contribution in [0.5, 0.6) is 0 Å². The molecule has 6 rings (SSSR count). The third kappa shape index (κ3) is 3.38. The number of nitrogens with one attached hydrogen (secondary N) is 1. The van der Waals surface area contributed by atoms with Crippen LogP contribution in [-0.2, 0) is 0 Å². The Hall–Kier alpha value is -1.90. The molecule has 168 valence electrons.